The number of carbonyl (C=O) groups excluding carboxylic acids is 2. The number of aliphatic hydroxyl groups is 1. The molecule has 1 saturated heterocycles. The van der Waals surface area contributed by atoms with Gasteiger partial charge in [0.25, 0.3) is 11.7 Å². The maximum atomic E-state index is 13.3. The van der Waals surface area contributed by atoms with Crippen LogP contribution in [-0.4, -0.2) is 23.9 Å². The van der Waals surface area contributed by atoms with Crippen LogP contribution in [0, 0.1) is 20.8 Å². The lowest BCUT2D eigenvalue weighted by Crippen LogP contribution is -2.29. The molecule has 1 N–H and O–H groups in total. The molecule has 1 heterocycles. The van der Waals surface area contributed by atoms with Crippen LogP contribution >= 0.6 is 0 Å². The molecule has 1 aliphatic heterocycles. The van der Waals surface area contributed by atoms with E-state index in [1.165, 1.54) is 12.0 Å². The fourth-order valence-corrected chi connectivity index (χ4v) is 4.20. The van der Waals surface area contributed by atoms with E-state index in [2.05, 4.69) is 0 Å². The summed E-state index contributed by atoms with van der Waals surface area (Å²) < 4.78 is 5.48. The van der Waals surface area contributed by atoms with Crippen molar-refractivity contribution in [3.63, 3.8) is 0 Å². The van der Waals surface area contributed by atoms with Crippen molar-refractivity contribution < 1.29 is 19.4 Å². The van der Waals surface area contributed by atoms with E-state index < -0.39 is 17.7 Å². The number of hydrogen-bond donors (Lipinski definition) is 1. The van der Waals surface area contributed by atoms with E-state index in [9.17, 15) is 14.7 Å². The van der Waals surface area contributed by atoms with Gasteiger partial charge in [0.15, 0.2) is 0 Å². The number of aryl methyl sites for hydroxylation is 3. The third-order valence-corrected chi connectivity index (χ3v) is 5.80. The van der Waals surface area contributed by atoms with Crippen molar-refractivity contribution in [1.29, 1.82) is 0 Å². The maximum Gasteiger partial charge on any atom is 0.300 e. The Kier molecular flexibility index (Phi) is 5.57. The average Bonchev–Trinajstić information content (AvgIpc) is 3.05. The van der Waals surface area contributed by atoms with Crippen LogP contribution in [0.3, 0.4) is 0 Å². The van der Waals surface area contributed by atoms with Gasteiger partial charge in [0, 0.05) is 5.56 Å². The summed E-state index contributed by atoms with van der Waals surface area (Å²) in [5.74, 6) is -1.12. The first-order valence-corrected chi connectivity index (χ1v) is 10.4. The number of ether oxygens (including phenoxy) is 1. The molecule has 5 nitrogen and oxygen atoms in total. The molecule has 1 atom stereocenters. The first-order chi connectivity index (χ1) is 15.3. The van der Waals surface area contributed by atoms with Gasteiger partial charge in [-0.25, -0.2) is 0 Å². The summed E-state index contributed by atoms with van der Waals surface area (Å²) in [6, 6.07) is 19.6. The van der Waals surface area contributed by atoms with Gasteiger partial charge in [-0.2, -0.15) is 0 Å². The summed E-state index contributed by atoms with van der Waals surface area (Å²) in [6.07, 6.45) is 0. The van der Waals surface area contributed by atoms with E-state index in [0.29, 0.717) is 17.0 Å². The van der Waals surface area contributed by atoms with Gasteiger partial charge in [-0.1, -0.05) is 59.7 Å². The lowest BCUT2D eigenvalue weighted by molar-refractivity contribution is -0.132. The van der Waals surface area contributed by atoms with Gasteiger partial charge in [-0.3, -0.25) is 14.5 Å². The molecule has 5 heteroatoms. The van der Waals surface area contributed by atoms with Crippen LogP contribution in [-0.2, 0) is 9.59 Å². The van der Waals surface area contributed by atoms with Crippen molar-refractivity contribution >= 4 is 23.1 Å². The van der Waals surface area contributed by atoms with Crippen molar-refractivity contribution in [3.05, 3.63) is 100 Å². The first kappa shape index (κ1) is 21.4. The van der Waals surface area contributed by atoms with Gasteiger partial charge >= 0.3 is 0 Å². The van der Waals surface area contributed by atoms with E-state index in [1.54, 1.807) is 24.3 Å². The monoisotopic (exact) mass is 427 g/mol. The fraction of sp³-hybridized carbons (Fsp3) is 0.185. The highest BCUT2D eigenvalue weighted by Gasteiger charge is 2.47. The summed E-state index contributed by atoms with van der Waals surface area (Å²) in [6.45, 7) is 5.73. The number of anilines is 1. The van der Waals surface area contributed by atoms with Crippen molar-refractivity contribution in [2.45, 2.75) is 26.8 Å². The van der Waals surface area contributed by atoms with Gasteiger partial charge < -0.3 is 9.84 Å². The lowest BCUT2D eigenvalue weighted by atomic mass is 9.92. The number of hydrogen-bond acceptors (Lipinski definition) is 4. The average molecular weight is 428 g/mol. The second-order valence-corrected chi connectivity index (χ2v) is 8.07. The zero-order chi connectivity index (χ0) is 23.0. The molecule has 1 amide bonds. The van der Waals surface area contributed by atoms with Crippen LogP contribution in [0.2, 0.25) is 0 Å². The minimum atomic E-state index is -0.786. The topological polar surface area (TPSA) is 66.8 Å². The molecule has 4 rings (SSSR count). The van der Waals surface area contributed by atoms with Gasteiger partial charge in [0.2, 0.25) is 0 Å². The Hall–Kier alpha value is -3.86. The Balaban J connectivity index is 2.02. The largest absolute Gasteiger partial charge is 0.507 e. The highest BCUT2D eigenvalue weighted by atomic mass is 16.5. The van der Waals surface area contributed by atoms with Crippen LogP contribution in [0.1, 0.15) is 33.9 Å². The first-order valence-electron chi connectivity index (χ1n) is 10.4. The molecule has 0 aliphatic carbocycles. The Morgan fingerprint density at radius 3 is 2.34 bits per heavy atom. The molecule has 0 spiro atoms. The van der Waals surface area contributed by atoms with E-state index in [-0.39, 0.29) is 11.3 Å². The molecule has 1 fully saturated rings. The Bertz CT molecular complexity index is 1260. The number of methoxy groups -OCH3 is 1. The summed E-state index contributed by atoms with van der Waals surface area (Å²) in [7, 11) is 1.52. The number of nitrogens with zero attached hydrogens (tertiary/aromatic N) is 1. The zero-order valence-corrected chi connectivity index (χ0v) is 18.5. The Labute approximate surface area is 187 Å². The highest BCUT2D eigenvalue weighted by Crippen LogP contribution is 2.45. The second kappa shape index (κ2) is 8.35. The molecular weight excluding hydrogens is 402 g/mol. The summed E-state index contributed by atoms with van der Waals surface area (Å²) in [5, 5.41) is 11.4. The molecule has 32 heavy (non-hydrogen) atoms. The van der Waals surface area contributed by atoms with E-state index in [1.807, 2.05) is 63.2 Å². The number of benzene rings is 3. The number of para-hydroxylation sites is 2. The van der Waals surface area contributed by atoms with E-state index in [4.69, 9.17) is 4.74 Å². The van der Waals surface area contributed by atoms with Crippen LogP contribution in [0.15, 0.2) is 72.3 Å². The van der Waals surface area contributed by atoms with E-state index in [0.717, 1.165) is 22.3 Å². The molecule has 0 saturated carbocycles. The maximum absolute atomic E-state index is 13.3. The van der Waals surface area contributed by atoms with Gasteiger partial charge in [-0.15, -0.1) is 0 Å². The van der Waals surface area contributed by atoms with Gasteiger partial charge in [0.1, 0.15) is 11.5 Å². The second-order valence-electron chi connectivity index (χ2n) is 8.07. The molecule has 3 aromatic carbocycles. The molecule has 0 radical (unpaired) electrons. The zero-order valence-electron chi connectivity index (χ0n) is 18.5. The molecule has 1 aliphatic rings. The van der Waals surface area contributed by atoms with Crippen LogP contribution in [0.25, 0.3) is 5.76 Å². The quantitative estimate of drug-likeness (QED) is 0.351. The third kappa shape index (κ3) is 3.56. The highest BCUT2D eigenvalue weighted by molar-refractivity contribution is 6.52. The Morgan fingerprint density at radius 1 is 0.906 bits per heavy atom. The number of rotatable bonds is 4. The van der Waals surface area contributed by atoms with Crippen molar-refractivity contribution in [2.75, 3.05) is 12.0 Å². The van der Waals surface area contributed by atoms with Crippen LogP contribution < -0.4 is 9.64 Å². The summed E-state index contributed by atoms with van der Waals surface area (Å²) in [4.78, 5) is 28.1. The van der Waals surface area contributed by atoms with Crippen molar-refractivity contribution in [2.24, 2.45) is 0 Å². The van der Waals surface area contributed by atoms with Gasteiger partial charge in [-0.05, 0) is 50.1 Å². The number of aliphatic hydroxyl groups excluding tert-OH is 1. The molecule has 0 aromatic heterocycles. The third-order valence-electron chi connectivity index (χ3n) is 5.80. The summed E-state index contributed by atoms with van der Waals surface area (Å²) >= 11 is 0. The minimum absolute atomic E-state index is 0.0696. The van der Waals surface area contributed by atoms with Crippen molar-refractivity contribution in [3.8, 4) is 5.75 Å². The molecule has 3 aromatic rings. The minimum Gasteiger partial charge on any atom is -0.507 e. The fourth-order valence-electron chi connectivity index (χ4n) is 4.20. The normalized spacial score (nSPS) is 17.6. The number of carbonyl (C=O) groups is 2. The van der Waals surface area contributed by atoms with Crippen LogP contribution in [0.4, 0.5) is 5.69 Å². The van der Waals surface area contributed by atoms with Crippen molar-refractivity contribution in [1.82, 2.24) is 0 Å². The predicted octanol–water partition coefficient (Wildman–Crippen LogP) is 5.25. The molecular formula is C27H25NO4. The molecule has 1 unspecified atom stereocenters. The van der Waals surface area contributed by atoms with Crippen LogP contribution in [0.5, 0.6) is 5.75 Å². The van der Waals surface area contributed by atoms with E-state index >= 15 is 0 Å². The lowest BCUT2D eigenvalue weighted by Gasteiger charge is -2.27. The smallest absolute Gasteiger partial charge is 0.300 e. The van der Waals surface area contributed by atoms with Gasteiger partial charge in [0.05, 0.1) is 24.4 Å². The Morgan fingerprint density at radius 2 is 1.62 bits per heavy atom. The predicted molar refractivity (Wildman–Crippen MR) is 125 cm³/mol. The number of ketones is 1. The summed E-state index contributed by atoms with van der Waals surface area (Å²) in [5.41, 5.74) is 4.58. The SMILES string of the molecule is COc1ccccc1N1C(=O)C(=O)/C(=C(/O)c2cc(C)ccc2C)C1c1cccc(C)c1. The standard InChI is InChI=1S/C27H25NO4/c1-16-8-7-9-19(14-16)24-23(25(29)20-15-17(2)12-13-18(20)3)26(30)27(31)28(24)21-10-5-6-11-22(21)32-4/h5-15,24,29H,1-4H3/b25-23+. The molecule has 162 valence electrons. The molecule has 0 bridgehead atoms. The number of Topliss-reactive ketones (excluding diaryl/α,β-unsaturated/α-hetero) is 1. The number of amides is 1.